The van der Waals surface area contributed by atoms with E-state index in [4.69, 9.17) is 4.74 Å². The van der Waals surface area contributed by atoms with Crippen LogP contribution in [0.1, 0.15) is 40.2 Å². The van der Waals surface area contributed by atoms with Crippen LogP contribution in [0.5, 0.6) is 5.75 Å². The molecule has 1 aliphatic rings. The average Bonchev–Trinajstić information content (AvgIpc) is 2.62. The number of aromatic nitrogens is 1. The molecule has 0 N–H and O–H groups in total. The molecule has 0 bridgehead atoms. The molecule has 15 heavy (non-hydrogen) atoms. The maximum atomic E-state index is 5.61. The molecule has 2 rings (SSSR count). The molecule has 1 atom stereocenters. The number of hydrogen-bond donors (Lipinski definition) is 0. The van der Waals surface area contributed by atoms with Gasteiger partial charge in [0, 0.05) is 17.2 Å². The fourth-order valence-electron chi connectivity index (χ4n) is 1.75. The average molecular weight is 207 g/mol. The Balaban J connectivity index is 0.000000531. The fourth-order valence-corrected chi connectivity index (χ4v) is 1.75. The molecule has 1 aliphatic heterocycles. The van der Waals surface area contributed by atoms with Crippen LogP contribution in [0.15, 0.2) is 18.5 Å². The summed E-state index contributed by atoms with van der Waals surface area (Å²) in [7, 11) is 0. The normalized spacial score (nSPS) is 22.8. The summed E-state index contributed by atoms with van der Waals surface area (Å²) >= 11 is 0. The summed E-state index contributed by atoms with van der Waals surface area (Å²) in [5, 5.41) is 0. The smallest absolute Gasteiger partial charge is 0.141 e. The van der Waals surface area contributed by atoms with Gasteiger partial charge in [0.2, 0.25) is 0 Å². The van der Waals surface area contributed by atoms with Crippen molar-refractivity contribution < 1.29 is 4.74 Å². The van der Waals surface area contributed by atoms with Gasteiger partial charge in [0.05, 0.1) is 12.8 Å². The molecule has 1 aromatic heterocycles. The van der Waals surface area contributed by atoms with Crippen molar-refractivity contribution in [3.63, 3.8) is 0 Å². The van der Waals surface area contributed by atoms with Gasteiger partial charge in [0.1, 0.15) is 5.75 Å². The minimum atomic E-state index is 0.165. The van der Waals surface area contributed by atoms with E-state index >= 15 is 0 Å². The number of fused-ring (bicyclic) bond motifs is 1. The van der Waals surface area contributed by atoms with Crippen molar-refractivity contribution >= 4 is 0 Å². The number of ether oxygens (including phenoxy) is 1. The summed E-state index contributed by atoms with van der Waals surface area (Å²) in [4.78, 5) is 4.06. The van der Waals surface area contributed by atoms with Crippen LogP contribution in [0.2, 0.25) is 0 Å². The Labute approximate surface area is 92.7 Å². The molecule has 2 heterocycles. The predicted molar refractivity (Wildman–Crippen MR) is 63.3 cm³/mol. The first-order valence-corrected chi connectivity index (χ1v) is 5.72. The van der Waals surface area contributed by atoms with E-state index in [9.17, 15) is 0 Å². The Hall–Kier alpha value is -1.05. The van der Waals surface area contributed by atoms with Gasteiger partial charge in [0.25, 0.3) is 0 Å². The molecule has 0 fully saturated rings. The van der Waals surface area contributed by atoms with Crippen LogP contribution in [-0.2, 0) is 5.41 Å². The Morgan fingerprint density at radius 2 is 2.07 bits per heavy atom. The van der Waals surface area contributed by atoms with E-state index in [0.717, 1.165) is 12.4 Å². The quantitative estimate of drug-likeness (QED) is 0.704. The lowest BCUT2D eigenvalue weighted by Crippen LogP contribution is -2.30. The van der Waals surface area contributed by atoms with E-state index in [1.807, 2.05) is 26.2 Å². The standard InChI is InChI=1S/C11H15NO.C2H6/c1-8(2)11(3)7-13-10-6-12-5-4-9(10)11;1-2/h4-6,8H,7H2,1-3H3;1-2H3. The van der Waals surface area contributed by atoms with Gasteiger partial charge < -0.3 is 4.74 Å². The van der Waals surface area contributed by atoms with Gasteiger partial charge in [0.15, 0.2) is 0 Å². The maximum absolute atomic E-state index is 5.61. The van der Waals surface area contributed by atoms with Crippen LogP contribution < -0.4 is 4.74 Å². The largest absolute Gasteiger partial charge is 0.491 e. The molecular formula is C13H21NO. The lowest BCUT2D eigenvalue weighted by molar-refractivity contribution is 0.231. The number of rotatable bonds is 1. The monoisotopic (exact) mass is 207 g/mol. The van der Waals surface area contributed by atoms with Crippen molar-refractivity contribution in [2.24, 2.45) is 5.92 Å². The van der Waals surface area contributed by atoms with E-state index in [1.54, 1.807) is 0 Å². The molecule has 0 spiro atoms. The highest BCUT2D eigenvalue weighted by Crippen LogP contribution is 2.42. The van der Waals surface area contributed by atoms with Gasteiger partial charge in [-0.05, 0) is 12.0 Å². The maximum Gasteiger partial charge on any atom is 0.141 e. The third-order valence-electron chi connectivity index (χ3n) is 3.20. The van der Waals surface area contributed by atoms with Gasteiger partial charge in [-0.25, -0.2) is 0 Å². The van der Waals surface area contributed by atoms with E-state index in [2.05, 4.69) is 31.8 Å². The van der Waals surface area contributed by atoms with Crippen molar-refractivity contribution in [3.05, 3.63) is 24.0 Å². The van der Waals surface area contributed by atoms with Crippen LogP contribution in [0, 0.1) is 5.92 Å². The van der Waals surface area contributed by atoms with Crippen molar-refractivity contribution in [3.8, 4) is 5.75 Å². The highest BCUT2D eigenvalue weighted by molar-refractivity contribution is 5.41. The molecule has 0 saturated carbocycles. The zero-order chi connectivity index (χ0) is 11.5. The second-order valence-corrected chi connectivity index (χ2v) is 4.23. The first-order valence-electron chi connectivity index (χ1n) is 5.72. The Kier molecular flexibility index (Phi) is 3.72. The van der Waals surface area contributed by atoms with E-state index in [1.165, 1.54) is 5.56 Å². The van der Waals surface area contributed by atoms with Crippen LogP contribution in [0.25, 0.3) is 0 Å². The lowest BCUT2D eigenvalue weighted by atomic mass is 9.75. The number of nitrogens with zero attached hydrogens (tertiary/aromatic N) is 1. The van der Waals surface area contributed by atoms with Crippen molar-refractivity contribution in [2.45, 2.75) is 40.0 Å². The van der Waals surface area contributed by atoms with Crippen molar-refractivity contribution in [2.75, 3.05) is 6.61 Å². The first kappa shape index (κ1) is 12.0. The molecule has 0 amide bonds. The molecule has 2 nitrogen and oxygen atoms in total. The minimum absolute atomic E-state index is 0.165. The van der Waals surface area contributed by atoms with Crippen LogP contribution in [0.3, 0.4) is 0 Å². The molecule has 0 saturated heterocycles. The summed E-state index contributed by atoms with van der Waals surface area (Å²) in [6.07, 6.45) is 3.65. The Morgan fingerprint density at radius 1 is 1.40 bits per heavy atom. The van der Waals surface area contributed by atoms with E-state index in [-0.39, 0.29) is 5.41 Å². The third kappa shape index (κ3) is 1.99. The summed E-state index contributed by atoms with van der Waals surface area (Å²) in [5.74, 6) is 1.55. The Bertz CT molecular complexity index is 322. The summed E-state index contributed by atoms with van der Waals surface area (Å²) in [5.41, 5.74) is 1.47. The number of hydrogen-bond acceptors (Lipinski definition) is 2. The molecule has 2 heteroatoms. The second-order valence-electron chi connectivity index (χ2n) is 4.23. The molecule has 84 valence electrons. The minimum Gasteiger partial charge on any atom is -0.491 e. The van der Waals surface area contributed by atoms with Gasteiger partial charge in [-0.2, -0.15) is 0 Å². The first-order chi connectivity index (χ1) is 7.14. The highest BCUT2D eigenvalue weighted by Gasteiger charge is 2.38. The van der Waals surface area contributed by atoms with Crippen molar-refractivity contribution in [1.29, 1.82) is 0 Å². The highest BCUT2D eigenvalue weighted by atomic mass is 16.5. The van der Waals surface area contributed by atoms with Gasteiger partial charge in [-0.15, -0.1) is 0 Å². The lowest BCUT2D eigenvalue weighted by Gasteiger charge is -2.27. The van der Waals surface area contributed by atoms with Gasteiger partial charge in [-0.1, -0.05) is 34.6 Å². The predicted octanol–water partition coefficient (Wildman–Crippen LogP) is 3.41. The second kappa shape index (κ2) is 4.65. The summed E-state index contributed by atoms with van der Waals surface area (Å²) < 4.78 is 5.61. The van der Waals surface area contributed by atoms with E-state index in [0.29, 0.717) is 5.92 Å². The summed E-state index contributed by atoms with van der Waals surface area (Å²) in [6.45, 7) is 11.5. The van der Waals surface area contributed by atoms with Gasteiger partial charge in [-0.3, -0.25) is 4.98 Å². The van der Waals surface area contributed by atoms with Crippen LogP contribution in [-0.4, -0.2) is 11.6 Å². The zero-order valence-electron chi connectivity index (χ0n) is 10.4. The van der Waals surface area contributed by atoms with E-state index < -0.39 is 0 Å². The third-order valence-corrected chi connectivity index (χ3v) is 3.20. The molecule has 1 unspecified atom stereocenters. The zero-order valence-corrected chi connectivity index (χ0v) is 10.4. The van der Waals surface area contributed by atoms with Gasteiger partial charge >= 0.3 is 0 Å². The molecule has 0 aliphatic carbocycles. The topological polar surface area (TPSA) is 22.1 Å². The molecular weight excluding hydrogens is 186 g/mol. The fraction of sp³-hybridized carbons (Fsp3) is 0.615. The summed E-state index contributed by atoms with van der Waals surface area (Å²) in [6, 6.07) is 2.07. The molecule has 0 radical (unpaired) electrons. The molecule has 0 aromatic carbocycles. The molecule has 1 aromatic rings. The number of pyridine rings is 1. The van der Waals surface area contributed by atoms with Crippen LogP contribution >= 0.6 is 0 Å². The van der Waals surface area contributed by atoms with Crippen molar-refractivity contribution in [1.82, 2.24) is 4.98 Å². The SMILES string of the molecule is CC.CC(C)C1(C)COc2cnccc21. The van der Waals surface area contributed by atoms with Crippen LogP contribution in [0.4, 0.5) is 0 Å². The Morgan fingerprint density at radius 3 is 2.67 bits per heavy atom.